The molecule has 27 heteroatoms. The third-order valence-corrected chi connectivity index (χ3v) is 26.1. The van der Waals surface area contributed by atoms with Crippen LogP contribution in [0.4, 0.5) is 0 Å². The fourth-order valence-corrected chi connectivity index (χ4v) is 25.6. The van der Waals surface area contributed by atoms with Crippen molar-refractivity contribution in [1.29, 1.82) is 0 Å². The van der Waals surface area contributed by atoms with Crippen molar-refractivity contribution >= 4 is 75.3 Å². The van der Waals surface area contributed by atoms with Gasteiger partial charge in [-0.05, 0) is 83.1 Å². The molecule has 0 spiro atoms. The normalized spacial score (nSPS) is 13.1. The predicted molar refractivity (Wildman–Crippen MR) is 202 cm³/mol. The zero-order valence-electron chi connectivity index (χ0n) is 32.7. The summed E-state index contributed by atoms with van der Waals surface area (Å²) in [5.74, 6) is 0. The Hall–Kier alpha value is 0.975. The third-order valence-electron chi connectivity index (χ3n) is 5.33. The Morgan fingerprint density at radius 2 is 0.353 bits per heavy atom. The summed E-state index contributed by atoms with van der Waals surface area (Å²) in [5, 5.41) is 0. The summed E-state index contributed by atoms with van der Waals surface area (Å²) < 4.78 is 118. The second-order valence-electron chi connectivity index (χ2n) is 9.01. The molecule has 0 aliphatic rings. The highest BCUT2D eigenvalue weighted by Crippen LogP contribution is 2.28. The Labute approximate surface area is 318 Å². The van der Waals surface area contributed by atoms with Crippen LogP contribution in [0, 0.1) is 0 Å². The van der Waals surface area contributed by atoms with Gasteiger partial charge in [0.2, 0.25) is 0 Å². The molecule has 0 aliphatic heterocycles. The first kappa shape index (κ1) is 52.0. The van der Waals surface area contributed by atoms with Gasteiger partial charge in [-0.2, -0.15) is 0 Å². The lowest BCUT2D eigenvalue weighted by molar-refractivity contribution is -0.0152. The average Bonchev–Trinajstić information content (AvgIpc) is 3.06. The molecule has 0 saturated heterocycles. The summed E-state index contributed by atoms with van der Waals surface area (Å²) in [5.41, 5.74) is 0. The largest absolute Gasteiger partial charge is 0.650 e. The van der Waals surface area contributed by atoms with E-state index >= 15 is 0 Å². The molecule has 0 aromatic heterocycles. The summed E-state index contributed by atoms with van der Waals surface area (Å²) in [6.45, 7) is 24.7. The van der Waals surface area contributed by atoms with Gasteiger partial charge in [0.1, 0.15) is 0 Å². The van der Waals surface area contributed by atoms with Crippen molar-refractivity contribution in [1.82, 2.24) is 0 Å². The van der Waals surface area contributed by atoms with Crippen LogP contribution >= 0.6 is 0 Å². The van der Waals surface area contributed by atoms with Gasteiger partial charge in [-0.15, -0.1) is 0 Å². The van der Waals surface area contributed by atoms with Gasteiger partial charge in [-0.1, -0.05) is 0 Å². The van der Waals surface area contributed by atoms with Gasteiger partial charge in [0.25, 0.3) is 0 Å². The Balaban J connectivity index is 8.06. The molecular formula is C24H66O19Si8. The highest BCUT2D eigenvalue weighted by molar-refractivity contribution is 6.82. The lowest BCUT2D eigenvalue weighted by atomic mass is 10.9. The lowest BCUT2D eigenvalue weighted by Crippen LogP contribution is -2.70. The standard InChI is InChI=1S/C24H66O19Si8/c1-13-25-44(26-14-2)37-50(38-45(27-15-3)28-16-4,39-46(29-17-5)30-18-6)43-51(40-47(31-19-7)32-20-8,41-48(33-21-9)34-22-10)42-49(35-23-11)36-24-12/h44-49H,13-24H2,1-12H3. The molecule has 19 nitrogen and oxygen atoms in total. The van der Waals surface area contributed by atoms with Gasteiger partial charge < -0.3 is 81.9 Å². The Morgan fingerprint density at radius 1 is 0.235 bits per heavy atom. The first-order valence-corrected chi connectivity index (χ1v) is 29.6. The molecule has 0 aromatic rings. The maximum Gasteiger partial charge on any atom is 0.650 e. The van der Waals surface area contributed by atoms with Crippen LogP contribution in [0.5, 0.6) is 0 Å². The quantitative estimate of drug-likeness (QED) is 0.0793. The monoisotopic (exact) mass is 882 g/mol. The van der Waals surface area contributed by atoms with Crippen LogP contribution in [0.1, 0.15) is 83.1 Å². The molecule has 0 atom stereocenters. The van der Waals surface area contributed by atoms with Crippen LogP contribution in [-0.4, -0.2) is 155 Å². The Morgan fingerprint density at radius 3 is 0.451 bits per heavy atom. The molecule has 308 valence electrons. The van der Waals surface area contributed by atoms with E-state index < -0.39 is 75.3 Å². The molecule has 0 N–H and O–H groups in total. The first-order valence-electron chi connectivity index (χ1n) is 17.8. The highest BCUT2D eigenvalue weighted by Gasteiger charge is 2.66. The van der Waals surface area contributed by atoms with E-state index in [0.717, 1.165) is 0 Å². The molecule has 51 heavy (non-hydrogen) atoms. The van der Waals surface area contributed by atoms with E-state index in [1.54, 1.807) is 83.1 Å². The minimum Gasteiger partial charge on any atom is -0.377 e. The van der Waals surface area contributed by atoms with Crippen molar-refractivity contribution in [3.8, 4) is 0 Å². The maximum atomic E-state index is 6.96. The van der Waals surface area contributed by atoms with Crippen molar-refractivity contribution in [2.45, 2.75) is 83.1 Å². The minimum absolute atomic E-state index is 0.250. The second-order valence-corrected chi connectivity index (χ2v) is 24.9. The Kier molecular flexibility index (Phi) is 33.8. The van der Waals surface area contributed by atoms with E-state index in [-0.39, 0.29) is 79.3 Å². The minimum atomic E-state index is -4.83. The smallest absolute Gasteiger partial charge is 0.377 e. The summed E-state index contributed by atoms with van der Waals surface area (Å²) in [7, 11) is -28.4. The average molecular weight is 883 g/mol. The molecular weight excluding hydrogens is 817 g/mol. The number of rotatable bonds is 38. The van der Waals surface area contributed by atoms with Gasteiger partial charge in [0.05, 0.1) is 0 Å². The van der Waals surface area contributed by atoms with Crippen LogP contribution in [-0.2, 0) is 81.9 Å². The van der Waals surface area contributed by atoms with Crippen LogP contribution in [0.2, 0.25) is 0 Å². The van der Waals surface area contributed by atoms with Crippen molar-refractivity contribution in [2.24, 2.45) is 0 Å². The van der Waals surface area contributed by atoms with Gasteiger partial charge in [0.15, 0.2) is 0 Å². The van der Waals surface area contributed by atoms with Gasteiger partial charge in [0, 0.05) is 79.3 Å². The summed E-state index contributed by atoms with van der Waals surface area (Å²) in [6.07, 6.45) is 0. The molecule has 0 unspecified atom stereocenters. The van der Waals surface area contributed by atoms with E-state index in [9.17, 15) is 0 Å². The topological polar surface area (TPSA) is 175 Å². The molecule has 0 radical (unpaired) electrons. The van der Waals surface area contributed by atoms with Crippen molar-refractivity contribution in [3.05, 3.63) is 0 Å². The maximum absolute atomic E-state index is 6.96. The van der Waals surface area contributed by atoms with Crippen LogP contribution < -0.4 is 0 Å². The molecule has 0 aromatic carbocycles. The summed E-state index contributed by atoms with van der Waals surface area (Å²) in [4.78, 5) is 0. The Bertz CT molecular complexity index is 607. The molecule has 0 heterocycles. The molecule has 0 aliphatic carbocycles. The zero-order valence-corrected chi connectivity index (χ0v) is 41.6. The van der Waals surface area contributed by atoms with Crippen LogP contribution in [0.15, 0.2) is 0 Å². The van der Waals surface area contributed by atoms with Crippen molar-refractivity contribution in [3.63, 3.8) is 0 Å². The van der Waals surface area contributed by atoms with Crippen molar-refractivity contribution < 1.29 is 81.9 Å². The van der Waals surface area contributed by atoms with Gasteiger partial charge in [-0.25, -0.2) is 0 Å². The van der Waals surface area contributed by atoms with Gasteiger partial charge >= 0.3 is 75.3 Å². The molecule has 0 bridgehead atoms. The summed E-state index contributed by atoms with van der Waals surface area (Å²) >= 11 is 0. The van der Waals surface area contributed by atoms with E-state index in [2.05, 4.69) is 0 Å². The van der Waals surface area contributed by atoms with E-state index in [4.69, 9.17) is 81.9 Å². The number of hydrogen-bond donors (Lipinski definition) is 0. The lowest BCUT2D eigenvalue weighted by Gasteiger charge is -2.41. The van der Waals surface area contributed by atoms with Gasteiger partial charge in [-0.3, -0.25) is 0 Å². The van der Waals surface area contributed by atoms with Crippen molar-refractivity contribution in [2.75, 3.05) is 79.3 Å². The van der Waals surface area contributed by atoms with E-state index in [1.807, 2.05) is 0 Å². The number of hydrogen-bond acceptors (Lipinski definition) is 19. The molecule has 0 fully saturated rings. The molecule has 0 amide bonds. The fourth-order valence-electron chi connectivity index (χ4n) is 3.50. The third kappa shape index (κ3) is 23.0. The zero-order chi connectivity index (χ0) is 38.4. The van der Waals surface area contributed by atoms with E-state index in [1.165, 1.54) is 0 Å². The van der Waals surface area contributed by atoms with Crippen LogP contribution in [0.3, 0.4) is 0 Å². The first-order chi connectivity index (χ1) is 24.7. The molecule has 0 saturated carbocycles. The fraction of sp³-hybridized carbons (Fsp3) is 1.00. The predicted octanol–water partition coefficient (Wildman–Crippen LogP) is 0.715. The SMILES string of the molecule is CCO[SiH](OCC)O[Si](O[SiH](OCC)OCC)(O[SiH](OCC)OCC)O[Si](O[SiH](OCC)OCC)(O[SiH](OCC)OCC)O[SiH](OCC)OCC. The van der Waals surface area contributed by atoms with Crippen LogP contribution in [0.25, 0.3) is 0 Å². The van der Waals surface area contributed by atoms with E-state index in [0.29, 0.717) is 0 Å². The second kappa shape index (κ2) is 33.1. The summed E-state index contributed by atoms with van der Waals surface area (Å²) in [6, 6.07) is 0. The highest BCUT2D eigenvalue weighted by atomic mass is 28.6. The molecule has 0 rings (SSSR count).